The molecule has 2 aromatic rings. The SMILES string of the molecule is CONC=C(C=Nc1ccc(F)cc1)c1ncc(C(F)(F)F)cc1Cl. The largest absolute Gasteiger partial charge is 0.417 e. The minimum atomic E-state index is -4.55. The van der Waals surface area contributed by atoms with Gasteiger partial charge in [0.1, 0.15) is 5.82 Å². The number of benzene rings is 1. The lowest BCUT2D eigenvalue weighted by Crippen LogP contribution is -2.08. The molecule has 0 atom stereocenters. The van der Waals surface area contributed by atoms with E-state index in [0.29, 0.717) is 11.9 Å². The second-order valence-corrected chi connectivity index (χ2v) is 5.12. The maximum absolute atomic E-state index is 12.9. The fourth-order valence-electron chi connectivity index (χ4n) is 1.77. The zero-order valence-electron chi connectivity index (χ0n) is 12.8. The first kappa shape index (κ1) is 18.9. The van der Waals surface area contributed by atoms with Gasteiger partial charge in [0.25, 0.3) is 0 Å². The van der Waals surface area contributed by atoms with E-state index in [0.717, 1.165) is 6.07 Å². The van der Waals surface area contributed by atoms with Gasteiger partial charge < -0.3 is 0 Å². The first-order valence-corrected chi connectivity index (χ1v) is 7.20. The fraction of sp³-hybridized carbons (Fsp3) is 0.125. The number of aromatic nitrogens is 1. The van der Waals surface area contributed by atoms with Gasteiger partial charge in [0, 0.05) is 24.2 Å². The van der Waals surface area contributed by atoms with Crippen LogP contribution in [0.25, 0.3) is 5.57 Å². The number of nitrogens with zero attached hydrogens (tertiary/aromatic N) is 2. The number of rotatable bonds is 5. The van der Waals surface area contributed by atoms with Crippen LogP contribution in [0.2, 0.25) is 5.02 Å². The predicted octanol–water partition coefficient (Wildman–Crippen LogP) is 4.79. The van der Waals surface area contributed by atoms with Crippen LogP contribution in [0.15, 0.2) is 47.7 Å². The van der Waals surface area contributed by atoms with E-state index in [9.17, 15) is 17.6 Å². The minimum absolute atomic E-state index is 0.0741. The molecule has 25 heavy (non-hydrogen) atoms. The summed E-state index contributed by atoms with van der Waals surface area (Å²) in [6, 6.07) is 6.11. The Morgan fingerprint density at radius 2 is 1.96 bits per heavy atom. The Morgan fingerprint density at radius 3 is 2.52 bits per heavy atom. The van der Waals surface area contributed by atoms with Crippen LogP contribution in [0.3, 0.4) is 0 Å². The molecule has 2 rings (SSSR count). The number of aliphatic imine (C=N–C) groups is 1. The highest BCUT2D eigenvalue weighted by molar-refractivity contribution is 6.33. The summed E-state index contributed by atoms with van der Waals surface area (Å²) in [5.74, 6) is -0.414. The van der Waals surface area contributed by atoms with Gasteiger partial charge in [-0.05, 0) is 30.3 Å². The molecule has 9 heteroatoms. The van der Waals surface area contributed by atoms with E-state index in [1.165, 1.54) is 43.8 Å². The van der Waals surface area contributed by atoms with E-state index in [2.05, 4.69) is 15.5 Å². The molecule has 1 aromatic carbocycles. The van der Waals surface area contributed by atoms with Crippen LogP contribution < -0.4 is 5.48 Å². The quantitative estimate of drug-likeness (QED) is 0.466. The molecule has 0 radical (unpaired) electrons. The summed E-state index contributed by atoms with van der Waals surface area (Å²) in [5.41, 5.74) is 2.25. The third-order valence-corrected chi connectivity index (χ3v) is 3.24. The van der Waals surface area contributed by atoms with Crippen molar-refractivity contribution in [2.24, 2.45) is 4.99 Å². The summed E-state index contributed by atoms with van der Waals surface area (Å²) in [7, 11) is 1.35. The maximum Gasteiger partial charge on any atom is 0.417 e. The average molecular weight is 374 g/mol. The third-order valence-electron chi connectivity index (χ3n) is 2.95. The number of pyridine rings is 1. The second-order valence-electron chi connectivity index (χ2n) is 4.71. The van der Waals surface area contributed by atoms with Crippen LogP contribution >= 0.6 is 11.6 Å². The highest BCUT2D eigenvalue weighted by atomic mass is 35.5. The number of halogens is 5. The number of allylic oxidation sites excluding steroid dienone is 1. The molecule has 1 N–H and O–H groups in total. The second kappa shape index (κ2) is 8.09. The summed E-state index contributed by atoms with van der Waals surface area (Å²) in [4.78, 5) is 12.6. The van der Waals surface area contributed by atoms with Crippen molar-refractivity contribution >= 4 is 29.1 Å². The van der Waals surface area contributed by atoms with Crippen molar-refractivity contribution < 1.29 is 22.4 Å². The topological polar surface area (TPSA) is 46.5 Å². The zero-order chi connectivity index (χ0) is 18.4. The average Bonchev–Trinajstić information content (AvgIpc) is 2.56. The molecule has 1 heterocycles. The summed E-state index contributed by atoms with van der Waals surface area (Å²) in [5, 5.41) is -0.204. The van der Waals surface area contributed by atoms with Gasteiger partial charge in [0.15, 0.2) is 0 Å². The molecule has 0 saturated heterocycles. The number of hydrogen-bond donors (Lipinski definition) is 1. The van der Waals surface area contributed by atoms with Crippen LogP contribution in [-0.4, -0.2) is 18.3 Å². The van der Waals surface area contributed by atoms with Crippen molar-refractivity contribution in [3.63, 3.8) is 0 Å². The molecule has 0 aliphatic rings. The summed E-state index contributed by atoms with van der Waals surface area (Å²) >= 11 is 5.93. The molecule has 0 aliphatic carbocycles. The molecule has 0 amide bonds. The van der Waals surface area contributed by atoms with Gasteiger partial charge in [0.2, 0.25) is 0 Å². The van der Waals surface area contributed by atoms with Gasteiger partial charge in [-0.2, -0.15) is 13.2 Å². The van der Waals surface area contributed by atoms with Crippen molar-refractivity contribution in [2.45, 2.75) is 6.18 Å². The van der Waals surface area contributed by atoms with Gasteiger partial charge >= 0.3 is 6.18 Å². The van der Waals surface area contributed by atoms with E-state index < -0.39 is 17.6 Å². The highest BCUT2D eigenvalue weighted by Gasteiger charge is 2.31. The maximum atomic E-state index is 12.9. The summed E-state index contributed by atoms with van der Waals surface area (Å²) in [6.45, 7) is 0. The Hall–Kier alpha value is -2.45. The monoisotopic (exact) mass is 373 g/mol. The van der Waals surface area contributed by atoms with Gasteiger partial charge in [-0.15, -0.1) is 0 Å². The standard InChI is InChI=1S/C16H12ClF4N3O/c1-25-24-8-10(7-22-13-4-2-12(18)3-5-13)15-14(17)6-11(9-23-15)16(19,20)21/h2-9,24H,1H3. The Labute approximate surface area is 145 Å². The van der Waals surface area contributed by atoms with Crippen molar-refractivity contribution in [3.8, 4) is 0 Å². The Balaban J connectivity index is 2.36. The molecule has 132 valence electrons. The van der Waals surface area contributed by atoms with Crippen LogP contribution in [0, 0.1) is 5.82 Å². The minimum Gasteiger partial charge on any atom is -0.280 e. The molecular weight excluding hydrogens is 362 g/mol. The molecule has 0 spiro atoms. The van der Waals surface area contributed by atoms with Crippen molar-refractivity contribution in [1.82, 2.24) is 10.5 Å². The lowest BCUT2D eigenvalue weighted by atomic mass is 10.1. The Morgan fingerprint density at radius 1 is 1.28 bits per heavy atom. The normalized spacial score (nSPS) is 12.6. The fourth-order valence-corrected chi connectivity index (χ4v) is 2.04. The summed E-state index contributed by atoms with van der Waals surface area (Å²) in [6.07, 6.45) is -1.23. The molecule has 0 unspecified atom stereocenters. The lowest BCUT2D eigenvalue weighted by Gasteiger charge is -2.10. The van der Waals surface area contributed by atoms with Crippen LogP contribution in [0.4, 0.5) is 23.2 Å². The lowest BCUT2D eigenvalue weighted by molar-refractivity contribution is -0.137. The number of nitrogens with one attached hydrogen (secondary N) is 1. The molecular formula is C16H12ClF4N3O. The Kier molecular flexibility index (Phi) is 6.11. The molecule has 0 aliphatic heterocycles. The zero-order valence-corrected chi connectivity index (χ0v) is 13.6. The van der Waals surface area contributed by atoms with Gasteiger partial charge in [-0.25, -0.2) is 4.39 Å². The number of hydrogen-bond acceptors (Lipinski definition) is 4. The van der Waals surface area contributed by atoms with Crippen molar-refractivity contribution in [3.05, 3.63) is 64.8 Å². The molecule has 0 fully saturated rings. The van der Waals surface area contributed by atoms with E-state index in [4.69, 9.17) is 16.4 Å². The molecule has 0 saturated carbocycles. The summed E-state index contributed by atoms with van der Waals surface area (Å²) < 4.78 is 51.0. The first-order valence-electron chi connectivity index (χ1n) is 6.82. The Bertz CT molecular complexity index is 789. The van der Waals surface area contributed by atoms with Crippen LogP contribution in [0.1, 0.15) is 11.3 Å². The first-order chi connectivity index (χ1) is 11.8. The predicted molar refractivity (Wildman–Crippen MR) is 86.9 cm³/mol. The highest BCUT2D eigenvalue weighted by Crippen LogP contribution is 2.32. The molecule has 0 bridgehead atoms. The van der Waals surface area contributed by atoms with E-state index >= 15 is 0 Å². The van der Waals surface area contributed by atoms with Crippen LogP contribution in [-0.2, 0) is 11.0 Å². The smallest absolute Gasteiger partial charge is 0.280 e. The third kappa shape index (κ3) is 5.27. The van der Waals surface area contributed by atoms with Gasteiger partial charge in [-0.3, -0.25) is 20.3 Å². The van der Waals surface area contributed by atoms with Crippen molar-refractivity contribution in [2.75, 3.05) is 7.11 Å². The van der Waals surface area contributed by atoms with Gasteiger partial charge in [-0.1, -0.05) is 11.6 Å². The number of hydroxylamine groups is 1. The van der Waals surface area contributed by atoms with E-state index in [1.807, 2.05) is 0 Å². The molecule has 4 nitrogen and oxygen atoms in total. The van der Waals surface area contributed by atoms with E-state index in [1.54, 1.807) is 0 Å². The van der Waals surface area contributed by atoms with Crippen LogP contribution in [0.5, 0.6) is 0 Å². The number of alkyl halides is 3. The molecule has 1 aromatic heterocycles. The van der Waals surface area contributed by atoms with Crippen molar-refractivity contribution in [1.29, 1.82) is 0 Å². The van der Waals surface area contributed by atoms with E-state index in [-0.39, 0.29) is 16.3 Å². The van der Waals surface area contributed by atoms with Gasteiger partial charge in [0.05, 0.1) is 29.1 Å².